The molecule has 0 radical (unpaired) electrons. The normalized spacial score (nSPS) is 13.6. The van der Waals surface area contributed by atoms with Gasteiger partial charge < -0.3 is 15.5 Å². The topological polar surface area (TPSA) is 126 Å². The monoisotopic (exact) mass is 301 g/mol. The molecule has 0 aliphatic rings. The summed E-state index contributed by atoms with van der Waals surface area (Å²) >= 11 is 1.40. The fourth-order valence-electron chi connectivity index (χ4n) is 1.57. The van der Waals surface area contributed by atoms with E-state index in [-0.39, 0.29) is 35.1 Å². The lowest BCUT2D eigenvalue weighted by molar-refractivity contribution is -0.384. The number of aromatic nitrogens is 1. The fourth-order valence-corrected chi connectivity index (χ4v) is 2.20. The molecule has 0 aromatic carbocycles. The van der Waals surface area contributed by atoms with Gasteiger partial charge in [-0.05, 0) is 19.2 Å². The summed E-state index contributed by atoms with van der Waals surface area (Å²) in [6.45, 7) is 1.62. The van der Waals surface area contributed by atoms with Gasteiger partial charge in [0.2, 0.25) is 5.82 Å². The highest BCUT2D eigenvalue weighted by molar-refractivity contribution is 7.99. The van der Waals surface area contributed by atoms with Gasteiger partial charge in [0.15, 0.2) is 5.69 Å². The van der Waals surface area contributed by atoms with Gasteiger partial charge in [-0.25, -0.2) is 9.78 Å². The van der Waals surface area contributed by atoms with Gasteiger partial charge in [0, 0.05) is 17.4 Å². The van der Waals surface area contributed by atoms with Gasteiger partial charge in [0.25, 0.3) is 0 Å². The molecule has 0 bridgehead atoms. The van der Waals surface area contributed by atoms with E-state index in [0.29, 0.717) is 0 Å². The van der Waals surface area contributed by atoms with Crippen molar-refractivity contribution < 1.29 is 19.9 Å². The van der Waals surface area contributed by atoms with E-state index in [4.69, 9.17) is 5.11 Å². The number of nitro groups is 1. The van der Waals surface area contributed by atoms with Crippen molar-refractivity contribution in [2.45, 2.75) is 18.2 Å². The van der Waals surface area contributed by atoms with E-state index in [9.17, 15) is 20.0 Å². The van der Waals surface area contributed by atoms with Crippen LogP contribution in [0.2, 0.25) is 0 Å². The highest BCUT2D eigenvalue weighted by Gasteiger charge is 2.22. The Morgan fingerprint density at radius 3 is 2.70 bits per heavy atom. The predicted octanol–water partition coefficient (Wildman–Crippen LogP) is 1.21. The van der Waals surface area contributed by atoms with Gasteiger partial charge in [-0.3, -0.25) is 10.1 Å². The molecule has 0 amide bonds. The first-order valence-corrected chi connectivity index (χ1v) is 6.98. The standard InChI is InChI=1S/C11H15N3O5S/c1-6(9(5-15)20-2)12-10-8(14(18)19)4-3-7(13-10)11(16)17/h3-4,6,9,15H,5H2,1-2H3,(H,12,13)(H,16,17). The summed E-state index contributed by atoms with van der Waals surface area (Å²) in [4.78, 5) is 24.9. The first-order valence-electron chi connectivity index (χ1n) is 5.69. The minimum absolute atomic E-state index is 0.109. The number of pyridine rings is 1. The van der Waals surface area contributed by atoms with E-state index in [1.807, 2.05) is 0 Å². The summed E-state index contributed by atoms with van der Waals surface area (Å²) in [6, 6.07) is 1.86. The second kappa shape index (κ2) is 7.06. The molecule has 110 valence electrons. The number of aliphatic hydroxyl groups is 1. The Balaban J connectivity index is 3.10. The average molecular weight is 301 g/mol. The lowest BCUT2D eigenvalue weighted by Crippen LogP contribution is -2.31. The van der Waals surface area contributed by atoms with Crippen LogP contribution in [0.5, 0.6) is 0 Å². The number of nitrogens with zero attached hydrogens (tertiary/aromatic N) is 2. The third-order valence-electron chi connectivity index (χ3n) is 2.69. The van der Waals surface area contributed by atoms with E-state index < -0.39 is 10.9 Å². The van der Waals surface area contributed by atoms with Crippen molar-refractivity contribution in [1.29, 1.82) is 0 Å². The van der Waals surface area contributed by atoms with E-state index >= 15 is 0 Å². The minimum Gasteiger partial charge on any atom is -0.477 e. The largest absolute Gasteiger partial charge is 0.477 e. The van der Waals surface area contributed by atoms with Crippen LogP contribution in [0.4, 0.5) is 11.5 Å². The molecule has 9 heteroatoms. The maximum Gasteiger partial charge on any atom is 0.354 e. The number of nitrogens with one attached hydrogen (secondary N) is 1. The van der Waals surface area contributed by atoms with Crippen LogP contribution in [0.15, 0.2) is 12.1 Å². The number of aliphatic hydroxyl groups excluding tert-OH is 1. The van der Waals surface area contributed by atoms with E-state index in [0.717, 1.165) is 12.1 Å². The number of thioether (sulfide) groups is 1. The number of carboxylic acids is 1. The van der Waals surface area contributed by atoms with Gasteiger partial charge in [-0.15, -0.1) is 0 Å². The van der Waals surface area contributed by atoms with Crippen LogP contribution in [-0.4, -0.2) is 50.2 Å². The first kappa shape index (κ1) is 16.2. The zero-order chi connectivity index (χ0) is 15.3. The molecule has 3 N–H and O–H groups in total. The molecule has 2 unspecified atom stereocenters. The van der Waals surface area contributed by atoms with Crippen molar-refractivity contribution in [3.8, 4) is 0 Å². The molecule has 0 spiro atoms. The Labute approximate surface area is 119 Å². The third kappa shape index (κ3) is 3.81. The van der Waals surface area contributed by atoms with Gasteiger partial charge in [0.05, 0.1) is 11.5 Å². The molecule has 1 heterocycles. The number of hydrogen-bond donors (Lipinski definition) is 3. The van der Waals surface area contributed by atoms with Crippen molar-refractivity contribution in [2.24, 2.45) is 0 Å². The molecule has 20 heavy (non-hydrogen) atoms. The SMILES string of the molecule is CSC(CO)C(C)Nc1nc(C(=O)O)ccc1[N+](=O)[O-]. The highest BCUT2D eigenvalue weighted by atomic mass is 32.2. The minimum atomic E-state index is -1.26. The van der Waals surface area contributed by atoms with Crippen LogP contribution in [-0.2, 0) is 0 Å². The lowest BCUT2D eigenvalue weighted by Gasteiger charge is -2.21. The van der Waals surface area contributed by atoms with Crippen LogP contribution < -0.4 is 5.32 Å². The van der Waals surface area contributed by atoms with Crippen LogP contribution in [0.3, 0.4) is 0 Å². The van der Waals surface area contributed by atoms with Crippen molar-refractivity contribution in [1.82, 2.24) is 4.98 Å². The molecule has 2 atom stereocenters. The summed E-state index contributed by atoms with van der Waals surface area (Å²) in [6.07, 6.45) is 1.80. The molecule has 0 aliphatic carbocycles. The van der Waals surface area contributed by atoms with Gasteiger partial charge >= 0.3 is 11.7 Å². The Kier molecular flexibility index (Phi) is 5.71. The number of carboxylic acid groups (broad SMARTS) is 1. The van der Waals surface area contributed by atoms with Gasteiger partial charge in [0.1, 0.15) is 0 Å². The van der Waals surface area contributed by atoms with Crippen LogP contribution in [0, 0.1) is 10.1 Å². The molecule has 0 aliphatic heterocycles. The Morgan fingerprint density at radius 2 is 2.25 bits per heavy atom. The maximum absolute atomic E-state index is 10.9. The van der Waals surface area contributed by atoms with Crippen LogP contribution in [0.25, 0.3) is 0 Å². The fraction of sp³-hybridized carbons (Fsp3) is 0.455. The highest BCUT2D eigenvalue weighted by Crippen LogP contribution is 2.24. The van der Waals surface area contributed by atoms with Gasteiger partial charge in [-0.2, -0.15) is 11.8 Å². The summed E-state index contributed by atoms with van der Waals surface area (Å²) in [5.41, 5.74) is -0.588. The van der Waals surface area contributed by atoms with Crippen LogP contribution in [0.1, 0.15) is 17.4 Å². The molecule has 0 saturated carbocycles. The first-order chi connectivity index (χ1) is 9.40. The number of hydrogen-bond acceptors (Lipinski definition) is 7. The van der Waals surface area contributed by atoms with E-state index in [1.54, 1.807) is 13.2 Å². The quantitative estimate of drug-likeness (QED) is 0.507. The second-order valence-electron chi connectivity index (χ2n) is 4.02. The zero-order valence-corrected chi connectivity index (χ0v) is 11.8. The molecule has 8 nitrogen and oxygen atoms in total. The van der Waals surface area contributed by atoms with Gasteiger partial charge in [-0.1, -0.05) is 0 Å². The summed E-state index contributed by atoms with van der Waals surface area (Å²) < 4.78 is 0. The van der Waals surface area contributed by atoms with Crippen molar-refractivity contribution in [2.75, 3.05) is 18.2 Å². The lowest BCUT2D eigenvalue weighted by atomic mass is 10.2. The Hall–Kier alpha value is -1.87. The maximum atomic E-state index is 10.9. The molecule has 1 aromatic rings. The Morgan fingerprint density at radius 1 is 1.60 bits per heavy atom. The Bertz CT molecular complexity index is 507. The number of carbonyl (C=O) groups is 1. The number of aromatic carboxylic acids is 1. The number of rotatable bonds is 7. The molecule has 0 saturated heterocycles. The van der Waals surface area contributed by atoms with Crippen molar-refractivity contribution >= 4 is 29.2 Å². The third-order valence-corrected chi connectivity index (χ3v) is 3.86. The molecular weight excluding hydrogens is 286 g/mol. The summed E-state index contributed by atoms with van der Waals surface area (Å²) in [5, 5.41) is 31.6. The smallest absolute Gasteiger partial charge is 0.354 e. The van der Waals surface area contributed by atoms with E-state index in [1.165, 1.54) is 11.8 Å². The zero-order valence-electron chi connectivity index (χ0n) is 10.9. The van der Waals surface area contributed by atoms with E-state index in [2.05, 4.69) is 10.3 Å². The second-order valence-corrected chi connectivity index (χ2v) is 5.09. The predicted molar refractivity (Wildman–Crippen MR) is 75.3 cm³/mol. The molecule has 0 fully saturated rings. The summed E-state index contributed by atoms with van der Waals surface area (Å²) in [7, 11) is 0. The van der Waals surface area contributed by atoms with Crippen molar-refractivity contribution in [3.05, 3.63) is 27.9 Å². The van der Waals surface area contributed by atoms with Crippen LogP contribution >= 0.6 is 11.8 Å². The number of anilines is 1. The summed E-state index contributed by atoms with van der Waals surface area (Å²) in [5.74, 6) is -1.38. The molecular formula is C11H15N3O5S. The van der Waals surface area contributed by atoms with Crippen molar-refractivity contribution in [3.63, 3.8) is 0 Å². The molecule has 1 rings (SSSR count). The average Bonchev–Trinajstić information content (AvgIpc) is 2.39. The molecule has 1 aromatic heterocycles.